The first-order valence-corrected chi connectivity index (χ1v) is 12.7. The molecule has 5 rings (SSSR count). The zero-order valence-electron chi connectivity index (χ0n) is 22.1. The Balaban J connectivity index is 0.000000379. The van der Waals surface area contributed by atoms with E-state index in [-0.39, 0.29) is 17.6 Å². The van der Waals surface area contributed by atoms with E-state index in [1.165, 1.54) is 6.07 Å². The lowest BCUT2D eigenvalue weighted by atomic mass is 9.98. The van der Waals surface area contributed by atoms with Crippen LogP contribution in [0.25, 0.3) is 0 Å². The predicted molar refractivity (Wildman–Crippen MR) is 152 cm³/mol. The molecule has 1 N–H and O–H groups in total. The summed E-state index contributed by atoms with van der Waals surface area (Å²) in [5, 5.41) is 12.5. The number of benzene rings is 3. The van der Waals surface area contributed by atoms with E-state index >= 15 is 0 Å². The van der Waals surface area contributed by atoms with E-state index in [2.05, 4.69) is 0 Å². The van der Waals surface area contributed by atoms with Crippen LogP contribution in [0.1, 0.15) is 38.0 Å². The molecule has 4 aromatic rings. The van der Waals surface area contributed by atoms with Gasteiger partial charge in [0.05, 0.1) is 6.04 Å². The second kappa shape index (κ2) is 12.7. The van der Waals surface area contributed by atoms with E-state index in [0.29, 0.717) is 19.8 Å². The minimum atomic E-state index is -0.565. The third kappa shape index (κ3) is 6.42. The topological polar surface area (TPSA) is 86.1 Å². The number of rotatable bonds is 7. The van der Waals surface area contributed by atoms with Gasteiger partial charge in [-0.2, -0.15) is 0 Å². The number of hydrogen-bond donors (Lipinski definition) is 1. The largest absolute Gasteiger partial charge is 0.502 e. The molecule has 1 aliphatic rings. The van der Waals surface area contributed by atoms with Crippen LogP contribution in [0.5, 0.6) is 5.75 Å². The van der Waals surface area contributed by atoms with Gasteiger partial charge in [-0.25, -0.2) is 0 Å². The molecule has 0 radical (unpaired) electrons. The molecular weight excluding hydrogens is 492 g/mol. The Labute approximate surface area is 227 Å². The molecular formula is C31H32N4O4. The SMILES string of the molecule is CN(C)CCN1CN(C(c2ccccc2)c2ccccc2)n2ccc(=O)c(O)c2C1=O.O=Cc1ccccc1. The van der Waals surface area contributed by atoms with Crippen LogP contribution in [-0.4, -0.2) is 65.6 Å². The maximum Gasteiger partial charge on any atom is 0.277 e. The normalized spacial score (nSPS) is 12.7. The highest BCUT2D eigenvalue weighted by molar-refractivity contribution is 5.96. The van der Waals surface area contributed by atoms with Gasteiger partial charge in [0.1, 0.15) is 13.0 Å². The minimum absolute atomic E-state index is 0.00521. The van der Waals surface area contributed by atoms with Gasteiger partial charge < -0.3 is 14.9 Å². The van der Waals surface area contributed by atoms with Gasteiger partial charge in [0, 0.05) is 30.9 Å². The van der Waals surface area contributed by atoms with Crippen molar-refractivity contribution >= 4 is 12.2 Å². The van der Waals surface area contributed by atoms with Crippen molar-refractivity contribution in [3.8, 4) is 5.75 Å². The van der Waals surface area contributed by atoms with Crippen LogP contribution in [-0.2, 0) is 0 Å². The number of pyridine rings is 1. The van der Waals surface area contributed by atoms with Crippen LogP contribution >= 0.6 is 0 Å². The van der Waals surface area contributed by atoms with Crippen molar-refractivity contribution in [1.29, 1.82) is 0 Å². The molecule has 0 saturated heterocycles. The maximum atomic E-state index is 13.2. The highest BCUT2D eigenvalue weighted by Crippen LogP contribution is 2.31. The number of aldehydes is 1. The van der Waals surface area contributed by atoms with Crippen molar-refractivity contribution in [2.24, 2.45) is 0 Å². The van der Waals surface area contributed by atoms with Gasteiger partial charge in [-0.15, -0.1) is 0 Å². The molecule has 0 spiro atoms. The van der Waals surface area contributed by atoms with Gasteiger partial charge in [-0.1, -0.05) is 91.0 Å². The molecule has 1 aromatic heterocycles. The summed E-state index contributed by atoms with van der Waals surface area (Å²) in [6.07, 6.45) is 2.40. The van der Waals surface area contributed by atoms with E-state index in [1.807, 2.05) is 103 Å². The fourth-order valence-corrected chi connectivity index (χ4v) is 4.43. The van der Waals surface area contributed by atoms with Crippen LogP contribution in [0.15, 0.2) is 108 Å². The van der Waals surface area contributed by atoms with E-state index in [0.717, 1.165) is 23.0 Å². The summed E-state index contributed by atoms with van der Waals surface area (Å²) in [7, 11) is 3.89. The second-order valence-electron chi connectivity index (χ2n) is 9.43. The number of hydrogen-bond acceptors (Lipinski definition) is 6. The molecule has 0 atom stereocenters. The molecule has 0 bridgehead atoms. The fourth-order valence-electron chi connectivity index (χ4n) is 4.43. The average Bonchev–Trinajstić information content (AvgIpc) is 2.97. The number of nitrogens with zero attached hydrogens (tertiary/aromatic N) is 4. The molecule has 3 aromatic carbocycles. The number of aromatic nitrogens is 1. The number of likely N-dealkylation sites (N-methyl/N-ethyl adjacent to an activating group) is 1. The summed E-state index contributed by atoms with van der Waals surface area (Å²) in [4.78, 5) is 39.0. The summed E-state index contributed by atoms with van der Waals surface area (Å²) in [5.74, 6) is -0.875. The van der Waals surface area contributed by atoms with Gasteiger partial charge in [-0.3, -0.25) is 24.1 Å². The minimum Gasteiger partial charge on any atom is -0.502 e. The molecule has 0 aliphatic carbocycles. The first-order chi connectivity index (χ1) is 18.9. The first kappa shape index (κ1) is 27.3. The monoisotopic (exact) mass is 524 g/mol. The Hall–Kier alpha value is -4.69. The van der Waals surface area contributed by atoms with E-state index in [1.54, 1.807) is 27.9 Å². The van der Waals surface area contributed by atoms with Crippen molar-refractivity contribution in [2.75, 3.05) is 38.9 Å². The molecule has 8 nitrogen and oxygen atoms in total. The number of amides is 1. The van der Waals surface area contributed by atoms with E-state index in [4.69, 9.17) is 0 Å². The Kier molecular flexibility index (Phi) is 8.91. The molecule has 0 fully saturated rings. The molecule has 8 heteroatoms. The van der Waals surface area contributed by atoms with Crippen molar-refractivity contribution in [3.05, 3.63) is 136 Å². The van der Waals surface area contributed by atoms with Gasteiger partial charge in [0.15, 0.2) is 11.4 Å². The highest BCUT2D eigenvalue weighted by atomic mass is 16.3. The summed E-state index contributed by atoms with van der Waals surface area (Å²) in [6, 6.07) is 30.2. The van der Waals surface area contributed by atoms with Gasteiger partial charge >= 0.3 is 0 Å². The van der Waals surface area contributed by atoms with Crippen LogP contribution in [0, 0.1) is 0 Å². The molecule has 1 amide bonds. The van der Waals surface area contributed by atoms with Crippen molar-refractivity contribution in [1.82, 2.24) is 14.5 Å². The number of carbonyl (C=O) groups excluding carboxylic acids is 2. The van der Waals surface area contributed by atoms with Crippen molar-refractivity contribution in [2.45, 2.75) is 6.04 Å². The van der Waals surface area contributed by atoms with E-state index in [9.17, 15) is 19.5 Å². The number of aromatic hydroxyl groups is 1. The summed E-state index contributed by atoms with van der Waals surface area (Å²) in [6.45, 7) is 1.45. The lowest BCUT2D eigenvalue weighted by Crippen LogP contribution is -2.56. The molecule has 39 heavy (non-hydrogen) atoms. The van der Waals surface area contributed by atoms with Crippen LogP contribution in [0.3, 0.4) is 0 Å². The lowest BCUT2D eigenvalue weighted by Gasteiger charge is -2.44. The lowest BCUT2D eigenvalue weighted by molar-refractivity contribution is 0.0667. The third-order valence-electron chi connectivity index (χ3n) is 6.42. The summed E-state index contributed by atoms with van der Waals surface area (Å²) >= 11 is 0. The fraction of sp³-hybridized carbons (Fsp3) is 0.194. The molecule has 0 saturated carbocycles. The average molecular weight is 525 g/mol. The number of fused-ring (bicyclic) bond motifs is 1. The smallest absolute Gasteiger partial charge is 0.277 e. The van der Waals surface area contributed by atoms with Crippen molar-refractivity contribution < 1.29 is 14.7 Å². The van der Waals surface area contributed by atoms with Gasteiger partial charge in [0.25, 0.3) is 5.91 Å². The van der Waals surface area contributed by atoms with Crippen molar-refractivity contribution in [3.63, 3.8) is 0 Å². The van der Waals surface area contributed by atoms with Crippen LogP contribution in [0.4, 0.5) is 0 Å². The zero-order chi connectivity index (χ0) is 27.8. The van der Waals surface area contributed by atoms with Gasteiger partial charge in [-0.05, 0) is 25.2 Å². The predicted octanol–water partition coefficient (Wildman–Crippen LogP) is 3.76. The summed E-state index contributed by atoms with van der Waals surface area (Å²) in [5.41, 5.74) is 2.24. The Morgan fingerprint density at radius 2 is 1.38 bits per heavy atom. The molecule has 1 aliphatic heterocycles. The molecule has 0 unspecified atom stereocenters. The van der Waals surface area contributed by atoms with E-state index < -0.39 is 11.2 Å². The maximum absolute atomic E-state index is 13.2. The van der Waals surface area contributed by atoms with Crippen LogP contribution in [0.2, 0.25) is 0 Å². The highest BCUT2D eigenvalue weighted by Gasteiger charge is 2.36. The Morgan fingerprint density at radius 3 is 1.87 bits per heavy atom. The van der Waals surface area contributed by atoms with Crippen LogP contribution < -0.4 is 10.4 Å². The zero-order valence-corrected chi connectivity index (χ0v) is 22.1. The summed E-state index contributed by atoms with van der Waals surface area (Å²) < 4.78 is 1.62. The second-order valence-corrected chi connectivity index (χ2v) is 9.43. The first-order valence-electron chi connectivity index (χ1n) is 12.7. The quantitative estimate of drug-likeness (QED) is 0.371. The van der Waals surface area contributed by atoms with Gasteiger partial charge in [0.2, 0.25) is 5.43 Å². The Morgan fingerprint density at radius 1 is 0.846 bits per heavy atom. The molecule has 200 valence electrons. The Bertz CT molecular complexity index is 1400. The number of carbonyl (C=O) groups is 2. The third-order valence-corrected chi connectivity index (χ3v) is 6.42. The standard InChI is InChI=1S/C24H26N4O3.C7H6O/c1-25(2)15-16-26-17-28(27-14-13-20(29)23(30)22(27)24(26)31)21(18-9-5-3-6-10-18)19-11-7-4-8-12-19;8-6-7-4-2-1-3-5-7/h3-14,21,30H,15-17H2,1-2H3;1-6H. The molecule has 2 heterocycles.